The van der Waals surface area contributed by atoms with Crippen LogP contribution in [-0.2, 0) is 9.59 Å². The molecule has 0 aromatic heterocycles. The average Bonchev–Trinajstić information content (AvgIpc) is 3.22. The lowest BCUT2D eigenvalue weighted by atomic mass is 9.94. The Hall–Kier alpha value is -1.79. The third-order valence-corrected chi connectivity index (χ3v) is 5.45. The van der Waals surface area contributed by atoms with Gasteiger partial charge in [0.15, 0.2) is 0 Å². The number of nitrogens with one attached hydrogen (secondary N) is 1. The van der Waals surface area contributed by atoms with Gasteiger partial charge in [0, 0.05) is 38.6 Å². The standard InChI is InChI=1S/C20H29N3O3.ClH/c1-22(17-7-11-21-15-17)20(25)16-8-12-23(13-9-16)19(24)10-14-26-18-5-3-2-4-6-18;/h2-6,16-17,21H,7-15H2,1H3;1H. The molecular weight excluding hydrogens is 366 g/mol. The molecule has 0 saturated carbocycles. The number of benzene rings is 1. The summed E-state index contributed by atoms with van der Waals surface area (Å²) in [6, 6.07) is 9.85. The molecule has 2 aliphatic heterocycles. The minimum absolute atomic E-state index is 0. The normalized spacial score (nSPS) is 20.0. The lowest BCUT2D eigenvalue weighted by Crippen LogP contribution is -2.46. The van der Waals surface area contributed by atoms with Crippen LogP contribution in [0.1, 0.15) is 25.7 Å². The van der Waals surface area contributed by atoms with Crippen molar-refractivity contribution < 1.29 is 14.3 Å². The van der Waals surface area contributed by atoms with Crippen LogP contribution in [0.15, 0.2) is 30.3 Å². The fraction of sp³-hybridized carbons (Fsp3) is 0.600. The molecule has 0 spiro atoms. The van der Waals surface area contributed by atoms with Gasteiger partial charge < -0.3 is 19.9 Å². The van der Waals surface area contributed by atoms with E-state index in [2.05, 4.69) is 5.32 Å². The van der Waals surface area contributed by atoms with Gasteiger partial charge in [-0.2, -0.15) is 0 Å². The summed E-state index contributed by atoms with van der Waals surface area (Å²) in [4.78, 5) is 28.8. The molecule has 1 atom stereocenters. The summed E-state index contributed by atoms with van der Waals surface area (Å²) in [7, 11) is 1.92. The van der Waals surface area contributed by atoms with E-state index >= 15 is 0 Å². The number of halogens is 1. The zero-order chi connectivity index (χ0) is 18.4. The number of piperidine rings is 1. The van der Waals surface area contributed by atoms with Crippen molar-refractivity contribution in [1.82, 2.24) is 15.1 Å². The number of ether oxygens (including phenoxy) is 1. The van der Waals surface area contributed by atoms with Crippen LogP contribution in [0, 0.1) is 5.92 Å². The molecule has 1 aromatic carbocycles. The van der Waals surface area contributed by atoms with Gasteiger partial charge in [0.05, 0.1) is 13.0 Å². The number of rotatable bonds is 6. The van der Waals surface area contributed by atoms with Crippen molar-refractivity contribution in [2.75, 3.05) is 39.8 Å². The molecule has 1 N–H and O–H groups in total. The van der Waals surface area contributed by atoms with Crippen LogP contribution in [0.3, 0.4) is 0 Å². The first-order valence-electron chi connectivity index (χ1n) is 9.58. The number of carbonyl (C=O) groups is 2. The van der Waals surface area contributed by atoms with Crippen molar-refractivity contribution in [3.05, 3.63) is 30.3 Å². The van der Waals surface area contributed by atoms with Gasteiger partial charge in [-0.1, -0.05) is 18.2 Å². The van der Waals surface area contributed by atoms with Gasteiger partial charge in [0.2, 0.25) is 11.8 Å². The Labute approximate surface area is 167 Å². The van der Waals surface area contributed by atoms with E-state index in [0.29, 0.717) is 32.2 Å². The number of hydrogen-bond acceptors (Lipinski definition) is 4. The van der Waals surface area contributed by atoms with Crippen molar-refractivity contribution in [3.8, 4) is 5.75 Å². The number of likely N-dealkylation sites (tertiary alicyclic amines) is 1. The molecule has 7 heteroatoms. The fourth-order valence-electron chi connectivity index (χ4n) is 3.74. The van der Waals surface area contributed by atoms with Gasteiger partial charge in [-0.3, -0.25) is 9.59 Å². The van der Waals surface area contributed by atoms with E-state index in [4.69, 9.17) is 4.74 Å². The van der Waals surface area contributed by atoms with Crippen molar-refractivity contribution in [3.63, 3.8) is 0 Å². The maximum absolute atomic E-state index is 12.7. The fourth-order valence-corrected chi connectivity index (χ4v) is 3.74. The lowest BCUT2D eigenvalue weighted by molar-refractivity contribution is -0.141. The molecule has 0 aliphatic carbocycles. The molecule has 27 heavy (non-hydrogen) atoms. The molecule has 2 heterocycles. The molecule has 2 fully saturated rings. The number of amides is 2. The summed E-state index contributed by atoms with van der Waals surface area (Å²) in [5.74, 6) is 1.18. The van der Waals surface area contributed by atoms with Gasteiger partial charge in [0.1, 0.15) is 5.75 Å². The predicted molar refractivity (Wildman–Crippen MR) is 107 cm³/mol. The second-order valence-electron chi connectivity index (χ2n) is 7.16. The largest absolute Gasteiger partial charge is 0.493 e. The number of nitrogens with zero attached hydrogens (tertiary/aromatic N) is 2. The van der Waals surface area contributed by atoms with Crippen molar-refractivity contribution >= 4 is 24.2 Å². The second kappa shape index (κ2) is 10.5. The molecule has 3 rings (SSSR count). The smallest absolute Gasteiger partial charge is 0.225 e. The number of likely N-dealkylation sites (N-methyl/N-ethyl adjacent to an activating group) is 1. The van der Waals surface area contributed by atoms with Crippen LogP contribution in [0.25, 0.3) is 0 Å². The summed E-state index contributed by atoms with van der Waals surface area (Å²) < 4.78 is 5.60. The first-order chi connectivity index (χ1) is 12.6. The van der Waals surface area contributed by atoms with Gasteiger partial charge in [-0.15, -0.1) is 12.4 Å². The van der Waals surface area contributed by atoms with E-state index in [0.717, 1.165) is 38.1 Å². The number of para-hydroxylation sites is 1. The zero-order valence-corrected chi connectivity index (χ0v) is 16.7. The second-order valence-corrected chi connectivity index (χ2v) is 7.16. The minimum atomic E-state index is 0. The lowest BCUT2D eigenvalue weighted by Gasteiger charge is -2.34. The molecule has 6 nitrogen and oxygen atoms in total. The maximum atomic E-state index is 12.7. The van der Waals surface area contributed by atoms with Crippen LogP contribution in [0.4, 0.5) is 0 Å². The van der Waals surface area contributed by atoms with Gasteiger partial charge in [-0.25, -0.2) is 0 Å². The maximum Gasteiger partial charge on any atom is 0.225 e. The molecule has 1 unspecified atom stereocenters. The molecule has 150 valence electrons. The Morgan fingerprint density at radius 3 is 2.52 bits per heavy atom. The molecule has 2 aliphatic rings. The van der Waals surface area contributed by atoms with Crippen LogP contribution in [0.5, 0.6) is 5.75 Å². The van der Waals surface area contributed by atoms with Crippen molar-refractivity contribution in [2.45, 2.75) is 31.7 Å². The minimum Gasteiger partial charge on any atom is -0.493 e. The molecule has 0 radical (unpaired) electrons. The van der Waals surface area contributed by atoms with Crippen molar-refractivity contribution in [2.24, 2.45) is 5.92 Å². The third kappa shape index (κ3) is 5.84. The highest BCUT2D eigenvalue weighted by molar-refractivity contribution is 5.85. The van der Waals surface area contributed by atoms with Gasteiger partial charge in [0.25, 0.3) is 0 Å². The van der Waals surface area contributed by atoms with E-state index in [-0.39, 0.29) is 30.1 Å². The number of carbonyl (C=O) groups excluding carboxylic acids is 2. The van der Waals surface area contributed by atoms with E-state index in [9.17, 15) is 9.59 Å². The molecule has 1 aromatic rings. The highest BCUT2D eigenvalue weighted by Crippen LogP contribution is 2.22. The Balaban J connectivity index is 0.00000261. The van der Waals surface area contributed by atoms with E-state index in [1.165, 1.54) is 0 Å². The Bertz CT molecular complexity index is 600. The number of hydrogen-bond donors (Lipinski definition) is 1. The Kier molecular flexibility index (Phi) is 8.38. The first kappa shape index (κ1) is 21.5. The van der Waals surface area contributed by atoms with Crippen LogP contribution < -0.4 is 10.1 Å². The highest BCUT2D eigenvalue weighted by atomic mass is 35.5. The SMILES string of the molecule is CN(C(=O)C1CCN(C(=O)CCOc2ccccc2)CC1)C1CCNC1.Cl. The van der Waals surface area contributed by atoms with Crippen LogP contribution in [0.2, 0.25) is 0 Å². The van der Waals surface area contributed by atoms with Crippen LogP contribution >= 0.6 is 12.4 Å². The summed E-state index contributed by atoms with van der Waals surface area (Å²) in [6.45, 7) is 3.59. The molecule has 2 saturated heterocycles. The van der Waals surface area contributed by atoms with E-state index in [1.54, 1.807) is 0 Å². The van der Waals surface area contributed by atoms with E-state index in [1.807, 2.05) is 47.2 Å². The predicted octanol–water partition coefficient (Wildman–Crippen LogP) is 1.94. The topological polar surface area (TPSA) is 61.9 Å². The van der Waals surface area contributed by atoms with Crippen molar-refractivity contribution in [1.29, 1.82) is 0 Å². The molecular formula is C20H30ClN3O3. The van der Waals surface area contributed by atoms with Gasteiger partial charge in [-0.05, 0) is 37.9 Å². The average molecular weight is 396 g/mol. The summed E-state index contributed by atoms with van der Waals surface area (Å²) in [5, 5.41) is 3.31. The zero-order valence-electron chi connectivity index (χ0n) is 15.9. The Morgan fingerprint density at radius 1 is 1.19 bits per heavy atom. The quantitative estimate of drug-likeness (QED) is 0.799. The highest BCUT2D eigenvalue weighted by Gasteiger charge is 2.32. The summed E-state index contributed by atoms with van der Waals surface area (Å²) in [5.41, 5.74) is 0. The molecule has 0 bridgehead atoms. The van der Waals surface area contributed by atoms with Crippen LogP contribution in [-0.4, -0.2) is 67.5 Å². The summed E-state index contributed by atoms with van der Waals surface area (Å²) in [6.07, 6.45) is 2.92. The monoisotopic (exact) mass is 395 g/mol. The first-order valence-corrected chi connectivity index (χ1v) is 9.58. The molecule has 2 amide bonds. The van der Waals surface area contributed by atoms with Gasteiger partial charge >= 0.3 is 0 Å². The summed E-state index contributed by atoms with van der Waals surface area (Å²) >= 11 is 0. The Morgan fingerprint density at radius 2 is 1.89 bits per heavy atom. The third-order valence-electron chi connectivity index (χ3n) is 5.45. The van der Waals surface area contributed by atoms with E-state index < -0.39 is 0 Å².